The quantitative estimate of drug-likeness (QED) is 0.862. The van der Waals surface area contributed by atoms with E-state index in [9.17, 15) is 9.59 Å². The summed E-state index contributed by atoms with van der Waals surface area (Å²) in [4.78, 5) is 28.9. The fourth-order valence-corrected chi connectivity index (χ4v) is 2.68. The lowest BCUT2D eigenvalue weighted by atomic mass is 10.0. The number of nitrogens with zero attached hydrogens (tertiary/aromatic N) is 2. The molecular weight excluding hydrogens is 238 g/mol. The van der Waals surface area contributed by atoms with Crippen molar-refractivity contribution in [1.29, 1.82) is 0 Å². The van der Waals surface area contributed by atoms with E-state index in [1.807, 2.05) is 11.8 Å². The Morgan fingerprint density at radius 2 is 2.29 bits per heavy atom. The van der Waals surface area contributed by atoms with E-state index >= 15 is 0 Å². The summed E-state index contributed by atoms with van der Waals surface area (Å²) < 4.78 is 0. The van der Waals surface area contributed by atoms with E-state index in [0.717, 1.165) is 37.1 Å². The van der Waals surface area contributed by atoms with Gasteiger partial charge in [0.15, 0.2) is 5.01 Å². The monoisotopic (exact) mass is 253 g/mol. The second-order valence-electron chi connectivity index (χ2n) is 4.25. The van der Waals surface area contributed by atoms with Gasteiger partial charge in [-0.2, -0.15) is 0 Å². The number of thiazole rings is 1. The zero-order valence-corrected chi connectivity index (χ0v) is 10.5. The molecule has 2 rings (SSSR count). The first kappa shape index (κ1) is 12.0. The summed E-state index contributed by atoms with van der Waals surface area (Å²) >= 11 is 1.12. The van der Waals surface area contributed by atoms with Crippen molar-refractivity contribution in [2.45, 2.75) is 32.2 Å². The highest BCUT2D eigenvalue weighted by molar-refractivity contribution is 7.11. The van der Waals surface area contributed by atoms with E-state index in [4.69, 9.17) is 5.73 Å². The molecule has 0 saturated carbocycles. The van der Waals surface area contributed by atoms with E-state index in [1.165, 1.54) is 0 Å². The molecule has 1 aliphatic rings. The second-order valence-corrected chi connectivity index (χ2v) is 5.10. The minimum atomic E-state index is -0.583. The van der Waals surface area contributed by atoms with Crippen molar-refractivity contribution in [2.24, 2.45) is 5.73 Å². The lowest BCUT2D eigenvalue weighted by Crippen LogP contribution is -2.42. The topological polar surface area (TPSA) is 76.3 Å². The Kier molecular flexibility index (Phi) is 3.42. The van der Waals surface area contributed by atoms with E-state index < -0.39 is 5.91 Å². The van der Waals surface area contributed by atoms with Crippen molar-refractivity contribution < 1.29 is 9.59 Å². The SMILES string of the molecule is C[C@H]1CCCCN1C(=O)c1csc(C(N)=O)n1. The number of piperidine rings is 1. The Hall–Kier alpha value is -1.43. The van der Waals surface area contributed by atoms with Crippen LogP contribution in [-0.4, -0.2) is 34.3 Å². The van der Waals surface area contributed by atoms with Crippen LogP contribution in [-0.2, 0) is 0 Å². The maximum absolute atomic E-state index is 12.2. The van der Waals surface area contributed by atoms with Crippen LogP contribution in [0.1, 0.15) is 46.5 Å². The molecule has 1 saturated heterocycles. The molecule has 2 amide bonds. The minimum Gasteiger partial charge on any atom is -0.364 e. The number of amides is 2. The van der Waals surface area contributed by atoms with Crippen molar-refractivity contribution in [3.05, 3.63) is 16.1 Å². The molecule has 2 heterocycles. The number of hydrogen-bond acceptors (Lipinski definition) is 4. The fourth-order valence-electron chi connectivity index (χ4n) is 2.03. The highest BCUT2D eigenvalue weighted by atomic mass is 32.1. The van der Waals surface area contributed by atoms with Gasteiger partial charge in [0.1, 0.15) is 5.69 Å². The third-order valence-electron chi connectivity index (χ3n) is 3.00. The van der Waals surface area contributed by atoms with E-state index in [0.29, 0.717) is 5.69 Å². The summed E-state index contributed by atoms with van der Waals surface area (Å²) in [6.07, 6.45) is 3.22. The number of rotatable bonds is 2. The molecule has 1 aliphatic heterocycles. The standard InChI is InChI=1S/C11H15N3O2S/c1-7-4-2-3-5-14(7)11(16)8-6-17-10(13-8)9(12)15/h6-7H,2-5H2,1H3,(H2,12,15)/t7-/m0/s1. The molecule has 1 aromatic heterocycles. The molecule has 17 heavy (non-hydrogen) atoms. The molecule has 2 N–H and O–H groups in total. The summed E-state index contributed by atoms with van der Waals surface area (Å²) in [5.41, 5.74) is 5.45. The van der Waals surface area contributed by atoms with Gasteiger partial charge in [0.25, 0.3) is 11.8 Å². The zero-order chi connectivity index (χ0) is 12.4. The zero-order valence-electron chi connectivity index (χ0n) is 9.68. The molecule has 0 spiro atoms. The molecule has 0 bridgehead atoms. The molecule has 0 radical (unpaired) electrons. The lowest BCUT2D eigenvalue weighted by Gasteiger charge is -2.32. The predicted octanol–water partition coefficient (Wildman–Crippen LogP) is 1.26. The number of hydrogen-bond donors (Lipinski definition) is 1. The summed E-state index contributed by atoms with van der Waals surface area (Å²) in [5.74, 6) is -0.679. The summed E-state index contributed by atoms with van der Waals surface area (Å²) in [5, 5.41) is 1.79. The largest absolute Gasteiger partial charge is 0.364 e. The van der Waals surface area contributed by atoms with Gasteiger partial charge in [-0.15, -0.1) is 11.3 Å². The average molecular weight is 253 g/mol. The Morgan fingerprint density at radius 1 is 1.53 bits per heavy atom. The third kappa shape index (κ3) is 2.46. The maximum Gasteiger partial charge on any atom is 0.277 e. The van der Waals surface area contributed by atoms with Crippen LogP contribution in [0.25, 0.3) is 0 Å². The second kappa shape index (κ2) is 4.83. The van der Waals surface area contributed by atoms with Crippen molar-refractivity contribution in [2.75, 3.05) is 6.54 Å². The van der Waals surface area contributed by atoms with E-state index in [-0.39, 0.29) is 17.0 Å². The van der Waals surface area contributed by atoms with Crippen molar-refractivity contribution in [3.63, 3.8) is 0 Å². The van der Waals surface area contributed by atoms with Gasteiger partial charge in [0.2, 0.25) is 0 Å². The fraction of sp³-hybridized carbons (Fsp3) is 0.545. The van der Waals surface area contributed by atoms with Crippen LogP contribution in [0.5, 0.6) is 0 Å². The highest BCUT2D eigenvalue weighted by Gasteiger charge is 2.26. The van der Waals surface area contributed by atoms with Gasteiger partial charge >= 0.3 is 0 Å². The van der Waals surface area contributed by atoms with Gasteiger partial charge in [-0.3, -0.25) is 9.59 Å². The van der Waals surface area contributed by atoms with Gasteiger partial charge < -0.3 is 10.6 Å². The van der Waals surface area contributed by atoms with E-state index in [2.05, 4.69) is 4.98 Å². The third-order valence-corrected chi connectivity index (χ3v) is 3.85. The first-order chi connectivity index (χ1) is 8.09. The predicted molar refractivity (Wildman–Crippen MR) is 65.0 cm³/mol. The molecule has 0 unspecified atom stereocenters. The number of primary amides is 1. The molecular formula is C11H15N3O2S. The first-order valence-electron chi connectivity index (χ1n) is 5.66. The maximum atomic E-state index is 12.2. The number of aromatic nitrogens is 1. The molecule has 5 nitrogen and oxygen atoms in total. The Morgan fingerprint density at radius 3 is 2.88 bits per heavy atom. The van der Waals surface area contributed by atoms with Crippen LogP contribution in [0.2, 0.25) is 0 Å². The van der Waals surface area contributed by atoms with Gasteiger partial charge in [0.05, 0.1) is 0 Å². The number of carbonyl (C=O) groups is 2. The van der Waals surface area contributed by atoms with Gasteiger partial charge in [0, 0.05) is 18.0 Å². The Bertz CT molecular complexity index is 444. The molecule has 0 aliphatic carbocycles. The molecule has 0 aromatic carbocycles. The van der Waals surface area contributed by atoms with Crippen LogP contribution in [0.3, 0.4) is 0 Å². The molecule has 1 atom stereocenters. The average Bonchev–Trinajstić information content (AvgIpc) is 2.78. The number of carbonyl (C=O) groups excluding carboxylic acids is 2. The minimum absolute atomic E-state index is 0.0963. The van der Waals surface area contributed by atoms with Crippen molar-refractivity contribution in [3.8, 4) is 0 Å². The van der Waals surface area contributed by atoms with Gasteiger partial charge in [-0.05, 0) is 26.2 Å². The number of nitrogens with two attached hydrogens (primary N) is 1. The van der Waals surface area contributed by atoms with Crippen LogP contribution in [0.15, 0.2) is 5.38 Å². The van der Waals surface area contributed by atoms with Crippen molar-refractivity contribution >= 4 is 23.2 Å². The summed E-state index contributed by atoms with van der Waals surface area (Å²) in [6, 6.07) is 0.245. The first-order valence-corrected chi connectivity index (χ1v) is 6.54. The summed E-state index contributed by atoms with van der Waals surface area (Å²) in [6.45, 7) is 2.81. The summed E-state index contributed by atoms with van der Waals surface area (Å²) in [7, 11) is 0. The van der Waals surface area contributed by atoms with Crippen LogP contribution in [0, 0.1) is 0 Å². The van der Waals surface area contributed by atoms with Gasteiger partial charge in [-0.25, -0.2) is 4.98 Å². The van der Waals surface area contributed by atoms with Crippen LogP contribution < -0.4 is 5.73 Å². The Labute approximate surface area is 104 Å². The van der Waals surface area contributed by atoms with Crippen molar-refractivity contribution in [1.82, 2.24) is 9.88 Å². The normalized spacial score (nSPS) is 20.3. The molecule has 6 heteroatoms. The smallest absolute Gasteiger partial charge is 0.277 e. The number of likely N-dealkylation sites (tertiary alicyclic amines) is 1. The molecule has 1 fully saturated rings. The van der Waals surface area contributed by atoms with E-state index in [1.54, 1.807) is 5.38 Å². The molecule has 1 aromatic rings. The highest BCUT2D eigenvalue weighted by Crippen LogP contribution is 2.20. The lowest BCUT2D eigenvalue weighted by molar-refractivity contribution is 0.0630. The van der Waals surface area contributed by atoms with Crippen LogP contribution in [0.4, 0.5) is 0 Å². The molecule has 92 valence electrons. The van der Waals surface area contributed by atoms with Crippen LogP contribution >= 0.6 is 11.3 Å². The Balaban J connectivity index is 2.15. The van der Waals surface area contributed by atoms with Gasteiger partial charge in [-0.1, -0.05) is 0 Å².